The number of carbonyl (C=O) groups excluding carboxylic acids is 2. The molecule has 0 unspecified atom stereocenters. The largest absolute Gasteiger partial charge is 0.373 e. The third-order valence-electron chi connectivity index (χ3n) is 6.48. The third-order valence-corrected chi connectivity index (χ3v) is 6.48. The van der Waals surface area contributed by atoms with E-state index in [4.69, 9.17) is 4.98 Å². The van der Waals surface area contributed by atoms with Crippen molar-refractivity contribution in [3.8, 4) is 0 Å². The molecule has 0 aliphatic carbocycles. The number of rotatable bonds is 5. The van der Waals surface area contributed by atoms with Gasteiger partial charge >= 0.3 is 0 Å². The summed E-state index contributed by atoms with van der Waals surface area (Å²) in [6.07, 6.45) is 1.82. The van der Waals surface area contributed by atoms with Crippen LogP contribution in [0.1, 0.15) is 53.3 Å². The van der Waals surface area contributed by atoms with Gasteiger partial charge in [-0.1, -0.05) is 11.6 Å². The molecule has 1 N–H and O–H groups in total. The molecule has 1 aliphatic heterocycles. The molecule has 3 heterocycles. The van der Waals surface area contributed by atoms with Crippen molar-refractivity contribution in [2.45, 2.75) is 39.2 Å². The summed E-state index contributed by atoms with van der Waals surface area (Å²) in [4.78, 5) is 38.2. The number of likely N-dealkylation sites (tertiary alicyclic amines) is 1. The van der Waals surface area contributed by atoms with Crippen LogP contribution in [0.2, 0.25) is 0 Å². The number of fused-ring (bicyclic) bond motifs is 1. The summed E-state index contributed by atoms with van der Waals surface area (Å²) < 4.78 is 1.98. The van der Waals surface area contributed by atoms with Gasteiger partial charge in [0.25, 0.3) is 5.91 Å². The molecule has 1 fully saturated rings. The van der Waals surface area contributed by atoms with Crippen LogP contribution in [0.3, 0.4) is 0 Å². The van der Waals surface area contributed by atoms with E-state index < -0.39 is 0 Å². The molecule has 0 radical (unpaired) electrons. The number of nitrogens with one attached hydrogen (secondary N) is 1. The Hall–Kier alpha value is -3.42. The van der Waals surface area contributed by atoms with Gasteiger partial charge in [0, 0.05) is 64.0 Å². The van der Waals surface area contributed by atoms with Crippen molar-refractivity contribution >= 4 is 28.5 Å². The highest BCUT2D eigenvalue weighted by Crippen LogP contribution is 2.28. The summed E-state index contributed by atoms with van der Waals surface area (Å²) in [5, 5.41) is 4.18. The van der Waals surface area contributed by atoms with E-state index in [9.17, 15) is 9.59 Å². The minimum atomic E-state index is -0.0132. The average molecular weight is 449 g/mol. The van der Waals surface area contributed by atoms with Gasteiger partial charge in [-0.2, -0.15) is 0 Å². The maximum absolute atomic E-state index is 13.5. The standard InChI is InChI=1S/C25H32N6O2/c1-16-8-9-21-19(11-16)12-22(30(21)5)25(33)31-10-6-7-18(14-31)24-27-20(13-23(26-3)28-24)15-29(4)17(2)32/h8-9,11-13,18H,6-7,10,14-15H2,1-5H3,(H,26,27,28)/t18-/m0/s1. The molecule has 8 heteroatoms. The predicted octanol–water partition coefficient (Wildman–Crippen LogP) is 3.32. The van der Waals surface area contributed by atoms with Gasteiger partial charge in [0.05, 0.1) is 12.2 Å². The maximum atomic E-state index is 13.5. The summed E-state index contributed by atoms with van der Waals surface area (Å²) in [7, 11) is 5.53. The first kappa shape index (κ1) is 22.8. The Morgan fingerprint density at radius 1 is 1.21 bits per heavy atom. The van der Waals surface area contributed by atoms with Gasteiger partial charge in [-0.05, 0) is 38.0 Å². The van der Waals surface area contributed by atoms with E-state index in [1.54, 1.807) is 18.9 Å². The Bertz CT molecular complexity index is 1200. The number of aromatic nitrogens is 3. The van der Waals surface area contributed by atoms with Crippen LogP contribution >= 0.6 is 0 Å². The molecule has 8 nitrogen and oxygen atoms in total. The Morgan fingerprint density at radius 2 is 2.00 bits per heavy atom. The molecule has 0 spiro atoms. The summed E-state index contributed by atoms with van der Waals surface area (Å²) in [6.45, 7) is 5.32. The maximum Gasteiger partial charge on any atom is 0.270 e. The Labute approximate surface area is 194 Å². The highest BCUT2D eigenvalue weighted by Gasteiger charge is 2.29. The van der Waals surface area contributed by atoms with Crippen molar-refractivity contribution in [1.29, 1.82) is 0 Å². The van der Waals surface area contributed by atoms with Gasteiger partial charge in [-0.3, -0.25) is 9.59 Å². The van der Waals surface area contributed by atoms with E-state index >= 15 is 0 Å². The fourth-order valence-electron chi connectivity index (χ4n) is 4.47. The second kappa shape index (κ2) is 9.21. The van der Waals surface area contributed by atoms with Crippen LogP contribution in [-0.2, 0) is 18.4 Å². The Kier molecular flexibility index (Phi) is 6.35. The SMILES string of the molecule is CNc1cc(CN(C)C(C)=O)nc([C@H]2CCCN(C(=O)c3cc4cc(C)ccc4n3C)C2)n1. The van der Waals surface area contributed by atoms with Crippen LogP contribution in [0, 0.1) is 6.92 Å². The zero-order chi connectivity index (χ0) is 23.7. The molecule has 1 aliphatic rings. The Balaban J connectivity index is 1.58. The minimum Gasteiger partial charge on any atom is -0.373 e. The zero-order valence-corrected chi connectivity index (χ0v) is 20.1. The van der Waals surface area contributed by atoms with E-state index in [2.05, 4.69) is 35.4 Å². The summed E-state index contributed by atoms with van der Waals surface area (Å²) in [6, 6.07) is 10.1. The highest BCUT2D eigenvalue weighted by atomic mass is 16.2. The molecular weight excluding hydrogens is 416 g/mol. The molecule has 0 saturated carbocycles. The quantitative estimate of drug-likeness (QED) is 0.647. The second-order valence-electron chi connectivity index (χ2n) is 8.97. The highest BCUT2D eigenvalue weighted by molar-refractivity contribution is 5.99. The fourth-order valence-corrected chi connectivity index (χ4v) is 4.47. The number of amides is 2. The molecule has 0 bridgehead atoms. The molecule has 1 saturated heterocycles. The third kappa shape index (κ3) is 4.69. The van der Waals surface area contributed by atoms with Crippen LogP contribution in [0.4, 0.5) is 5.82 Å². The lowest BCUT2D eigenvalue weighted by Gasteiger charge is -2.32. The first-order valence-corrected chi connectivity index (χ1v) is 11.4. The van der Waals surface area contributed by atoms with Crippen LogP contribution in [0.25, 0.3) is 10.9 Å². The molecule has 1 aromatic carbocycles. The van der Waals surface area contributed by atoms with Gasteiger partial charge in [-0.15, -0.1) is 0 Å². The lowest BCUT2D eigenvalue weighted by molar-refractivity contribution is -0.128. The number of aryl methyl sites for hydroxylation is 2. The van der Waals surface area contributed by atoms with Crippen molar-refractivity contribution < 1.29 is 9.59 Å². The van der Waals surface area contributed by atoms with E-state index in [0.717, 1.165) is 47.6 Å². The van der Waals surface area contributed by atoms with Crippen LogP contribution in [0.15, 0.2) is 30.3 Å². The van der Waals surface area contributed by atoms with Crippen molar-refractivity contribution in [2.75, 3.05) is 32.5 Å². The van der Waals surface area contributed by atoms with E-state index in [1.807, 2.05) is 35.7 Å². The Morgan fingerprint density at radius 3 is 2.73 bits per heavy atom. The normalized spacial score (nSPS) is 16.2. The fraction of sp³-hybridized carbons (Fsp3) is 0.440. The predicted molar refractivity (Wildman–Crippen MR) is 129 cm³/mol. The molecule has 4 rings (SSSR count). The lowest BCUT2D eigenvalue weighted by atomic mass is 9.96. The van der Waals surface area contributed by atoms with E-state index in [1.165, 1.54) is 5.56 Å². The lowest BCUT2D eigenvalue weighted by Crippen LogP contribution is -2.40. The van der Waals surface area contributed by atoms with Crippen LogP contribution in [-0.4, -0.2) is 63.3 Å². The van der Waals surface area contributed by atoms with Gasteiger partial charge in [0.2, 0.25) is 5.91 Å². The van der Waals surface area contributed by atoms with Crippen molar-refractivity contribution in [3.63, 3.8) is 0 Å². The number of benzene rings is 1. The average Bonchev–Trinajstić information content (AvgIpc) is 3.13. The molecule has 1 atom stereocenters. The summed E-state index contributed by atoms with van der Waals surface area (Å²) in [5.41, 5.74) is 3.72. The van der Waals surface area contributed by atoms with Gasteiger partial charge in [0.1, 0.15) is 17.3 Å². The van der Waals surface area contributed by atoms with Crippen molar-refractivity contribution in [1.82, 2.24) is 24.3 Å². The first-order valence-electron chi connectivity index (χ1n) is 11.4. The van der Waals surface area contributed by atoms with Gasteiger partial charge < -0.3 is 19.7 Å². The van der Waals surface area contributed by atoms with Gasteiger partial charge in [0.15, 0.2) is 0 Å². The van der Waals surface area contributed by atoms with E-state index in [-0.39, 0.29) is 17.7 Å². The number of hydrogen-bond donors (Lipinski definition) is 1. The number of piperidine rings is 1. The molecule has 2 aromatic heterocycles. The van der Waals surface area contributed by atoms with Crippen LogP contribution < -0.4 is 5.32 Å². The van der Waals surface area contributed by atoms with Crippen molar-refractivity contribution in [2.24, 2.45) is 7.05 Å². The number of nitrogens with zero attached hydrogens (tertiary/aromatic N) is 5. The van der Waals surface area contributed by atoms with Gasteiger partial charge in [-0.25, -0.2) is 9.97 Å². The summed E-state index contributed by atoms with van der Waals surface area (Å²) >= 11 is 0. The van der Waals surface area contributed by atoms with Crippen LogP contribution in [0.5, 0.6) is 0 Å². The summed E-state index contributed by atoms with van der Waals surface area (Å²) in [5.74, 6) is 1.52. The minimum absolute atomic E-state index is 0.0132. The molecule has 174 valence electrons. The number of carbonyl (C=O) groups is 2. The zero-order valence-electron chi connectivity index (χ0n) is 20.1. The first-order chi connectivity index (χ1) is 15.8. The number of anilines is 1. The molecule has 3 aromatic rings. The monoisotopic (exact) mass is 448 g/mol. The number of hydrogen-bond acceptors (Lipinski definition) is 5. The molecule has 33 heavy (non-hydrogen) atoms. The second-order valence-corrected chi connectivity index (χ2v) is 8.97. The molecule has 2 amide bonds. The van der Waals surface area contributed by atoms with E-state index in [0.29, 0.717) is 18.8 Å². The van der Waals surface area contributed by atoms with Crippen molar-refractivity contribution in [3.05, 3.63) is 53.1 Å². The topological polar surface area (TPSA) is 83.4 Å². The smallest absolute Gasteiger partial charge is 0.270 e. The molecular formula is C25H32N6O2.